The number of ether oxygens (including phenoxy) is 1. The van der Waals surface area contributed by atoms with E-state index in [0.717, 1.165) is 47.9 Å². The molecule has 0 spiro atoms. The molecule has 1 aromatic heterocycles. The molecular weight excluding hydrogens is 426 g/mol. The lowest BCUT2D eigenvalue weighted by Crippen LogP contribution is -2.36. The Labute approximate surface area is 203 Å². The molecule has 1 aliphatic carbocycles. The van der Waals surface area contributed by atoms with Crippen LogP contribution in [0.25, 0.3) is 11.3 Å². The molecule has 1 fully saturated rings. The highest BCUT2D eigenvalue weighted by molar-refractivity contribution is 5.68. The normalized spacial score (nSPS) is 14.5. The van der Waals surface area contributed by atoms with E-state index in [1.54, 1.807) is 0 Å². The first-order valence-electron chi connectivity index (χ1n) is 12.5. The van der Waals surface area contributed by atoms with E-state index in [-0.39, 0.29) is 0 Å². The van der Waals surface area contributed by atoms with Crippen molar-refractivity contribution in [2.75, 3.05) is 37.7 Å². The van der Waals surface area contributed by atoms with Crippen LogP contribution in [0.3, 0.4) is 0 Å². The molecule has 6 nitrogen and oxygen atoms in total. The van der Waals surface area contributed by atoms with E-state index in [2.05, 4.69) is 40.9 Å². The minimum absolute atomic E-state index is 0.314. The minimum atomic E-state index is -0.556. The predicted molar refractivity (Wildman–Crippen MR) is 136 cm³/mol. The van der Waals surface area contributed by atoms with Crippen LogP contribution in [-0.2, 0) is 17.9 Å². The van der Waals surface area contributed by atoms with Gasteiger partial charge in [0.25, 0.3) is 0 Å². The number of hydrogen-bond acceptors (Lipinski definition) is 6. The van der Waals surface area contributed by atoms with E-state index in [9.17, 15) is 5.11 Å². The summed E-state index contributed by atoms with van der Waals surface area (Å²) in [6.45, 7) is 9.00. The number of rotatable bonds is 14. The Morgan fingerprint density at radius 3 is 2.35 bits per heavy atom. The summed E-state index contributed by atoms with van der Waals surface area (Å²) in [5.41, 5.74) is 4.15. The van der Waals surface area contributed by atoms with Crippen molar-refractivity contribution in [3.8, 4) is 11.3 Å². The summed E-state index contributed by atoms with van der Waals surface area (Å²) in [5.74, 6) is 1.54. The highest BCUT2D eigenvalue weighted by Gasteiger charge is 2.29. The van der Waals surface area contributed by atoms with Crippen LogP contribution in [0.4, 0.5) is 5.88 Å². The topological polar surface area (TPSA) is 62.0 Å². The number of benzene rings is 2. The number of anilines is 1. The van der Waals surface area contributed by atoms with Gasteiger partial charge in [-0.3, -0.25) is 4.90 Å². The Morgan fingerprint density at radius 2 is 1.71 bits per heavy atom. The number of aliphatic hydroxyl groups is 1. The largest absolute Gasteiger partial charge is 0.389 e. The molecule has 1 N–H and O–H groups in total. The zero-order chi connectivity index (χ0) is 23.8. The quantitative estimate of drug-likeness (QED) is 0.364. The van der Waals surface area contributed by atoms with Gasteiger partial charge in [0.2, 0.25) is 5.88 Å². The summed E-state index contributed by atoms with van der Waals surface area (Å²) in [6, 6.07) is 20.3. The van der Waals surface area contributed by atoms with Crippen molar-refractivity contribution in [1.29, 1.82) is 0 Å². The average molecular weight is 464 g/mol. The highest BCUT2D eigenvalue weighted by atomic mass is 16.5. The number of aromatic nitrogens is 1. The van der Waals surface area contributed by atoms with Gasteiger partial charge in [-0.15, -0.1) is 0 Å². The lowest BCUT2D eigenvalue weighted by atomic mass is 10.1. The first-order chi connectivity index (χ1) is 16.7. The minimum Gasteiger partial charge on any atom is -0.389 e. The smallest absolute Gasteiger partial charge is 0.232 e. The van der Waals surface area contributed by atoms with E-state index in [1.165, 1.54) is 12.8 Å². The maximum atomic E-state index is 10.8. The van der Waals surface area contributed by atoms with Crippen LogP contribution in [0.2, 0.25) is 0 Å². The van der Waals surface area contributed by atoms with Gasteiger partial charge >= 0.3 is 0 Å². The second kappa shape index (κ2) is 12.2. The molecule has 1 saturated carbocycles. The van der Waals surface area contributed by atoms with Gasteiger partial charge < -0.3 is 19.3 Å². The summed E-state index contributed by atoms with van der Waals surface area (Å²) in [4.78, 5) is 4.56. The van der Waals surface area contributed by atoms with Gasteiger partial charge in [0.05, 0.1) is 24.9 Å². The van der Waals surface area contributed by atoms with Gasteiger partial charge in [0.15, 0.2) is 0 Å². The molecule has 1 unspecified atom stereocenters. The summed E-state index contributed by atoms with van der Waals surface area (Å²) in [6.07, 6.45) is 1.96. The monoisotopic (exact) mass is 463 g/mol. The Bertz CT molecular complexity index is 985. The molecule has 6 heteroatoms. The van der Waals surface area contributed by atoms with E-state index < -0.39 is 6.10 Å². The summed E-state index contributed by atoms with van der Waals surface area (Å²) in [7, 11) is 0. The number of aliphatic hydroxyl groups excluding tert-OH is 1. The molecule has 0 aliphatic heterocycles. The molecule has 0 bridgehead atoms. The van der Waals surface area contributed by atoms with Crippen molar-refractivity contribution in [3.05, 3.63) is 71.8 Å². The summed E-state index contributed by atoms with van der Waals surface area (Å²) in [5, 5.41) is 15.3. The molecular formula is C28H37N3O3. The van der Waals surface area contributed by atoms with Crippen molar-refractivity contribution in [3.63, 3.8) is 0 Å². The summed E-state index contributed by atoms with van der Waals surface area (Å²) >= 11 is 0. The SMILES string of the molecule is CCN(CC)c1onc(-c2ccccc2)c1CN(CC(O)COCc1ccccc1)CC1CC1. The first-order valence-corrected chi connectivity index (χ1v) is 12.5. The average Bonchev–Trinajstić information content (AvgIpc) is 3.59. The molecule has 0 amide bonds. The van der Waals surface area contributed by atoms with Gasteiger partial charge in [0, 0.05) is 38.3 Å². The summed E-state index contributed by atoms with van der Waals surface area (Å²) < 4.78 is 11.7. The highest BCUT2D eigenvalue weighted by Crippen LogP contribution is 2.35. The fraction of sp³-hybridized carbons (Fsp3) is 0.464. The molecule has 2 aromatic carbocycles. The zero-order valence-electron chi connectivity index (χ0n) is 20.4. The van der Waals surface area contributed by atoms with Gasteiger partial charge in [0.1, 0.15) is 5.69 Å². The molecule has 3 aromatic rings. The standard InChI is InChI=1S/C28H37N3O3/c1-3-31(4-2)28-26(27(29-34-28)24-13-9-6-10-14-24)19-30(17-22-15-16-22)18-25(32)21-33-20-23-11-7-5-8-12-23/h5-14,22,25,32H,3-4,15-21H2,1-2H3. The van der Waals surface area contributed by atoms with Crippen LogP contribution < -0.4 is 4.90 Å². The molecule has 0 radical (unpaired) electrons. The molecule has 1 aliphatic rings. The van der Waals surface area contributed by atoms with E-state index >= 15 is 0 Å². The van der Waals surface area contributed by atoms with E-state index in [0.29, 0.717) is 32.2 Å². The van der Waals surface area contributed by atoms with Crippen LogP contribution >= 0.6 is 0 Å². The van der Waals surface area contributed by atoms with Crippen LogP contribution in [-0.4, -0.2) is 54.1 Å². The Hall–Kier alpha value is -2.67. The third kappa shape index (κ3) is 6.69. The lowest BCUT2D eigenvalue weighted by molar-refractivity contribution is 0.00782. The van der Waals surface area contributed by atoms with Crippen molar-refractivity contribution in [2.24, 2.45) is 5.92 Å². The zero-order valence-corrected chi connectivity index (χ0v) is 20.4. The molecule has 34 heavy (non-hydrogen) atoms. The molecule has 1 atom stereocenters. The molecule has 0 saturated heterocycles. The second-order valence-electron chi connectivity index (χ2n) is 9.15. The van der Waals surface area contributed by atoms with Gasteiger partial charge in [-0.1, -0.05) is 65.8 Å². The van der Waals surface area contributed by atoms with Crippen molar-refractivity contribution in [2.45, 2.75) is 45.9 Å². The van der Waals surface area contributed by atoms with Crippen LogP contribution in [0.5, 0.6) is 0 Å². The third-order valence-corrected chi connectivity index (χ3v) is 6.35. The molecule has 1 heterocycles. The van der Waals surface area contributed by atoms with Crippen molar-refractivity contribution in [1.82, 2.24) is 10.1 Å². The molecule has 4 rings (SSSR count). The van der Waals surface area contributed by atoms with E-state index in [4.69, 9.17) is 9.26 Å². The van der Waals surface area contributed by atoms with Crippen molar-refractivity contribution < 1.29 is 14.4 Å². The Kier molecular flexibility index (Phi) is 8.74. The maximum Gasteiger partial charge on any atom is 0.232 e. The second-order valence-corrected chi connectivity index (χ2v) is 9.15. The molecule has 182 valence electrons. The Balaban J connectivity index is 1.48. The Morgan fingerprint density at radius 1 is 1.03 bits per heavy atom. The van der Waals surface area contributed by atoms with Crippen molar-refractivity contribution >= 4 is 5.88 Å². The van der Waals surface area contributed by atoms with Crippen LogP contribution in [0.15, 0.2) is 65.2 Å². The number of hydrogen-bond donors (Lipinski definition) is 1. The maximum absolute atomic E-state index is 10.8. The first kappa shape index (κ1) is 24.5. The van der Waals surface area contributed by atoms with Crippen LogP contribution in [0, 0.1) is 5.92 Å². The fourth-order valence-corrected chi connectivity index (χ4v) is 4.36. The van der Waals surface area contributed by atoms with Gasteiger partial charge in [-0.2, -0.15) is 0 Å². The van der Waals surface area contributed by atoms with Crippen LogP contribution in [0.1, 0.15) is 37.8 Å². The fourth-order valence-electron chi connectivity index (χ4n) is 4.36. The lowest BCUT2D eigenvalue weighted by Gasteiger charge is -2.26. The third-order valence-electron chi connectivity index (χ3n) is 6.35. The van der Waals surface area contributed by atoms with E-state index in [1.807, 2.05) is 48.5 Å². The van der Waals surface area contributed by atoms with Gasteiger partial charge in [-0.05, 0) is 38.2 Å². The van der Waals surface area contributed by atoms with Gasteiger partial charge in [-0.25, -0.2) is 0 Å². The predicted octanol–water partition coefficient (Wildman–Crippen LogP) is 4.98. The number of nitrogens with zero attached hydrogens (tertiary/aromatic N) is 3.